The molecule has 0 aromatic heterocycles. The van der Waals surface area contributed by atoms with Gasteiger partial charge in [0.2, 0.25) is 0 Å². The highest BCUT2D eigenvalue weighted by atomic mass is 32.2. The monoisotopic (exact) mass is 202 g/mol. The van der Waals surface area contributed by atoms with Gasteiger partial charge in [-0.25, -0.2) is 4.31 Å². The van der Waals surface area contributed by atoms with E-state index in [4.69, 9.17) is 0 Å². The van der Waals surface area contributed by atoms with Crippen LogP contribution in [0, 0.1) is 0 Å². The maximum atomic E-state index is 2.60. The standard InChI is InChI=1S/C10H22N2S/c1-3-4-5-6-11-7-9-12(13-2)10-8-11/h3-10H2,1-2H3. The van der Waals surface area contributed by atoms with Crippen molar-refractivity contribution in [3.63, 3.8) is 0 Å². The van der Waals surface area contributed by atoms with E-state index in [-0.39, 0.29) is 0 Å². The first-order valence-electron chi connectivity index (χ1n) is 5.38. The molecule has 1 heterocycles. The Morgan fingerprint density at radius 3 is 2.31 bits per heavy atom. The molecule has 1 rings (SSSR count). The lowest BCUT2D eigenvalue weighted by molar-refractivity contribution is 0.193. The molecule has 13 heavy (non-hydrogen) atoms. The quantitative estimate of drug-likeness (QED) is 0.498. The van der Waals surface area contributed by atoms with Gasteiger partial charge in [-0.2, -0.15) is 0 Å². The first-order valence-corrected chi connectivity index (χ1v) is 6.56. The molecule has 0 aromatic rings. The molecule has 0 aromatic carbocycles. The number of unbranched alkanes of at least 4 members (excludes halogenated alkanes) is 2. The number of rotatable bonds is 5. The highest BCUT2D eigenvalue weighted by molar-refractivity contribution is 7.96. The van der Waals surface area contributed by atoms with E-state index in [0.29, 0.717) is 0 Å². The van der Waals surface area contributed by atoms with Crippen molar-refractivity contribution < 1.29 is 0 Å². The SMILES string of the molecule is CCCCCN1CCN(SC)CC1. The number of hydrogen-bond donors (Lipinski definition) is 0. The van der Waals surface area contributed by atoms with E-state index in [1.165, 1.54) is 52.0 Å². The molecule has 0 N–H and O–H groups in total. The van der Waals surface area contributed by atoms with Crippen LogP contribution >= 0.6 is 11.9 Å². The van der Waals surface area contributed by atoms with E-state index in [1.54, 1.807) is 0 Å². The van der Waals surface area contributed by atoms with Gasteiger partial charge in [-0.15, -0.1) is 0 Å². The average Bonchev–Trinajstić information content (AvgIpc) is 2.19. The van der Waals surface area contributed by atoms with Crippen molar-refractivity contribution in [1.82, 2.24) is 9.21 Å². The summed E-state index contributed by atoms with van der Waals surface area (Å²) in [6.45, 7) is 8.61. The Balaban J connectivity index is 2.03. The maximum Gasteiger partial charge on any atom is 0.0218 e. The van der Waals surface area contributed by atoms with Crippen LogP contribution in [-0.2, 0) is 0 Å². The van der Waals surface area contributed by atoms with E-state index in [1.807, 2.05) is 11.9 Å². The fraction of sp³-hybridized carbons (Fsp3) is 1.00. The summed E-state index contributed by atoms with van der Waals surface area (Å²) >= 11 is 1.88. The van der Waals surface area contributed by atoms with Crippen molar-refractivity contribution >= 4 is 11.9 Å². The molecule has 1 fully saturated rings. The van der Waals surface area contributed by atoms with Gasteiger partial charge >= 0.3 is 0 Å². The van der Waals surface area contributed by atoms with Crippen molar-refractivity contribution in [2.75, 3.05) is 39.0 Å². The molecule has 0 amide bonds. The van der Waals surface area contributed by atoms with Crippen LogP contribution in [0.3, 0.4) is 0 Å². The van der Waals surface area contributed by atoms with E-state index < -0.39 is 0 Å². The van der Waals surface area contributed by atoms with Crippen LogP contribution in [0.5, 0.6) is 0 Å². The molecular weight excluding hydrogens is 180 g/mol. The summed E-state index contributed by atoms with van der Waals surface area (Å²) < 4.78 is 2.45. The zero-order valence-electron chi connectivity index (χ0n) is 8.96. The van der Waals surface area contributed by atoms with Crippen molar-refractivity contribution in [3.8, 4) is 0 Å². The molecule has 0 aliphatic carbocycles. The molecule has 0 atom stereocenters. The number of nitrogens with zero attached hydrogens (tertiary/aromatic N) is 2. The minimum Gasteiger partial charge on any atom is -0.301 e. The van der Waals surface area contributed by atoms with Crippen LogP contribution in [0.25, 0.3) is 0 Å². The van der Waals surface area contributed by atoms with Crippen LogP contribution in [0.4, 0.5) is 0 Å². The van der Waals surface area contributed by atoms with Crippen molar-refractivity contribution in [2.45, 2.75) is 26.2 Å². The average molecular weight is 202 g/mol. The first kappa shape index (κ1) is 11.3. The third-order valence-corrected chi connectivity index (χ3v) is 3.55. The van der Waals surface area contributed by atoms with Crippen LogP contribution in [0.1, 0.15) is 26.2 Å². The second-order valence-corrected chi connectivity index (χ2v) is 4.54. The Hall–Kier alpha value is 0.270. The Labute approximate surface area is 86.8 Å². The van der Waals surface area contributed by atoms with Crippen LogP contribution < -0.4 is 0 Å². The lowest BCUT2D eigenvalue weighted by Gasteiger charge is -2.33. The van der Waals surface area contributed by atoms with Crippen molar-refractivity contribution in [2.24, 2.45) is 0 Å². The summed E-state index contributed by atoms with van der Waals surface area (Å²) in [5.41, 5.74) is 0. The van der Waals surface area contributed by atoms with E-state index in [0.717, 1.165) is 0 Å². The summed E-state index contributed by atoms with van der Waals surface area (Å²) in [5.74, 6) is 0. The Morgan fingerprint density at radius 2 is 1.77 bits per heavy atom. The van der Waals surface area contributed by atoms with Gasteiger partial charge in [0, 0.05) is 26.2 Å². The smallest absolute Gasteiger partial charge is 0.0218 e. The fourth-order valence-corrected chi connectivity index (χ4v) is 2.25. The Morgan fingerprint density at radius 1 is 1.08 bits per heavy atom. The second kappa shape index (κ2) is 6.68. The minimum absolute atomic E-state index is 1.24. The van der Waals surface area contributed by atoms with Crippen molar-refractivity contribution in [3.05, 3.63) is 0 Å². The highest BCUT2D eigenvalue weighted by Crippen LogP contribution is 2.10. The fourth-order valence-electron chi connectivity index (χ4n) is 1.72. The molecule has 1 saturated heterocycles. The molecule has 0 saturated carbocycles. The maximum absolute atomic E-state index is 2.60. The largest absolute Gasteiger partial charge is 0.301 e. The Bertz CT molecular complexity index is 119. The van der Waals surface area contributed by atoms with E-state index in [2.05, 4.69) is 22.4 Å². The lowest BCUT2D eigenvalue weighted by Crippen LogP contribution is -2.43. The van der Waals surface area contributed by atoms with E-state index in [9.17, 15) is 0 Å². The zero-order valence-corrected chi connectivity index (χ0v) is 9.78. The van der Waals surface area contributed by atoms with Crippen LogP contribution in [0.2, 0.25) is 0 Å². The van der Waals surface area contributed by atoms with Gasteiger partial charge in [-0.05, 0) is 19.2 Å². The molecular formula is C10H22N2S. The van der Waals surface area contributed by atoms with Gasteiger partial charge < -0.3 is 4.90 Å². The van der Waals surface area contributed by atoms with Gasteiger partial charge in [-0.3, -0.25) is 0 Å². The van der Waals surface area contributed by atoms with Gasteiger partial charge in [0.1, 0.15) is 0 Å². The van der Waals surface area contributed by atoms with Gasteiger partial charge in [0.15, 0.2) is 0 Å². The van der Waals surface area contributed by atoms with Crippen molar-refractivity contribution in [1.29, 1.82) is 0 Å². The summed E-state index contributed by atoms with van der Waals surface area (Å²) in [6, 6.07) is 0. The first-order chi connectivity index (χ1) is 6.36. The third-order valence-electron chi connectivity index (χ3n) is 2.67. The Kier molecular flexibility index (Phi) is 5.83. The zero-order chi connectivity index (χ0) is 9.52. The van der Waals surface area contributed by atoms with Gasteiger partial charge in [0.25, 0.3) is 0 Å². The third kappa shape index (κ3) is 4.34. The summed E-state index contributed by atoms with van der Waals surface area (Å²) in [6.07, 6.45) is 6.29. The molecule has 78 valence electrons. The molecule has 3 heteroatoms. The van der Waals surface area contributed by atoms with E-state index >= 15 is 0 Å². The molecule has 2 nitrogen and oxygen atoms in total. The normalized spacial score (nSPS) is 20.8. The molecule has 1 aliphatic heterocycles. The molecule has 1 aliphatic rings. The number of hydrogen-bond acceptors (Lipinski definition) is 3. The number of piperazine rings is 1. The van der Waals surface area contributed by atoms with Crippen LogP contribution in [0.15, 0.2) is 0 Å². The lowest BCUT2D eigenvalue weighted by atomic mass is 10.2. The predicted octanol–water partition coefficient (Wildman–Crippen LogP) is 2.07. The van der Waals surface area contributed by atoms with Crippen LogP contribution in [-0.4, -0.2) is 48.2 Å². The summed E-state index contributed by atoms with van der Waals surface area (Å²) in [5, 5.41) is 0. The molecule has 0 unspecified atom stereocenters. The summed E-state index contributed by atoms with van der Waals surface area (Å²) in [7, 11) is 0. The minimum atomic E-state index is 1.24. The van der Waals surface area contributed by atoms with Gasteiger partial charge in [-0.1, -0.05) is 31.7 Å². The highest BCUT2D eigenvalue weighted by Gasteiger charge is 2.14. The summed E-state index contributed by atoms with van der Waals surface area (Å²) in [4.78, 5) is 2.60. The predicted molar refractivity (Wildman–Crippen MR) is 61.1 cm³/mol. The topological polar surface area (TPSA) is 6.48 Å². The second-order valence-electron chi connectivity index (χ2n) is 3.66. The molecule has 0 radical (unpaired) electrons. The van der Waals surface area contributed by atoms with Gasteiger partial charge in [0.05, 0.1) is 0 Å². The molecule has 0 bridgehead atoms. The molecule has 0 spiro atoms.